The van der Waals surface area contributed by atoms with Gasteiger partial charge in [-0.15, -0.1) is 0 Å². The molecule has 1 aliphatic carbocycles. The minimum absolute atomic E-state index is 0.809. The molecule has 0 amide bonds. The van der Waals surface area contributed by atoms with E-state index >= 15 is 0 Å². The molecule has 2 rings (SSSR count). The van der Waals surface area contributed by atoms with E-state index in [1.165, 1.54) is 51.7 Å². The number of nitrogens with zero attached hydrogens (tertiary/aromatic N) is 1. The molecule has 76 valence electrons. The normalized spacial score (nSPS) is 27.5. The van der Waals surface area contributed by atoms with Gasteiger partial charge in [-0.3, -0.25) is 0 Å². The Kier molecular flexibility index (Phi) is 3.23. The van der Waals surface area contributed by atoms with Gasteiger partial charge in [-0.1, -0.05) is 19.3 Å². The Morgan fingerprint density at radius 2 is 1.69 bits per heavy atom. The first-order valence-corrected chi connectivity index (χ1v) is 5.81. The third-order valence-electron chi connectivity index (χ3n) is 3.61. The highest BCUT2D eigenvalue weighted by atomic mass is 15.2. The van der Waals surface area contributed by atoms with Gasteiger partial charge in [-0.25, -0.2) is 0 Å². The van der Waals surface area contributed by atoms with Crippen molar-refractivity contribution >= 4 is 0 Å². The zero-order valence-corrected chi connectivity index (χ0v) is 8.54. The average molecular weight is 182 g/mol. The monoisotopic (exact) mass is 182 g/mol. The lowest BCUT2D eigenvalue weighted by Gasteiger charge is -2.41. The Morgan fingerprint density at radius 3 is 2.31 bits per heavy atom. The van der Waals surface area contributed by atoms with Crippen LogP contribution in [0.25, 0.3) is 0 Å². The first kappa shape index (κ1) is 9.47. The van der Waals surface area contributed by atoms with Crippen LogP contribution in [-0.2, 0) is 0 Å². The van der Waals surface area contributed by atoms with E-state index in [4.69, 9.17) is 5.73 Å². The lowest BCUT2D eigenvalue weighted by Crippen LogP contribution is -2.51. The van der Waals surface area contributed by atoms with Crippen LogP contribution in [0.15, 0.2) is 0 Å². The van der Waals surface area contributed by atoms with Crippen molar-refractivity contribution in [2.75, 3.05) is 26.2 Å². The Bertz CT molecular complexity index is 146. The van der Waals surface area contributed by atoms with E-state index in [0.717, 1.165) is 18.4 Å². The molecule has 2 nitrogen and oxygen atoms in total. The Morgan fingerprint density at radius 1 is 1.00 bits per heavy atom. The molecule has 1 saturated carbocycles. The topological polar surface area (TPSA) is 29.3 Å². The second-order valence-electron chi connectivity index (χ2n) is 4.82. The lowest BCUT2D eigenvalue weighted by molar-refractivity contribution is 0.0777. The largest absolute Gasteiger partial charge is 0.330 e. The van der Waals surface area contributed by atoms with Crippen LogP contribution in [-0.4, -0.2) is 31.1 Å². The van der Waals surface area contributed by atoms with Crippen LogP contribution in [0.3, 0.4) is 0 Å². The fraction of sp³-hybridized carbons (Fsp3) is 1.00. The lowest BCUT2D eigenvalue weighted by atomic mass is 9.87. The van der Waals surface area contributed by atoms with Gasteiger partial charge in [0.25, 0.3) is 0 Å². The predicted molar refractivity (Wildman–Crippen MR) is 55.6 cm³/mol. The summed E-state index contributed by atoms with van der Waals surface area (Å²) in [6, 6.07) is 0. The Hall–Kier alpha value is -0.0800. The second kappa shape index (κ2) is 4.43. The van der Waals surface area contributed by atoms with Gasteiger partial charge in [-0.2, -0.15) is 0 Å². The summed E-state index contributed by atoms with van der Waals surface area (Å²) in [5.41, 5.74) is 5.60. The maximum absolute atomic E-state index is 5.60. The van der Waals surface area contributed by atoms with Crippen LogP contribution in [0.4, 0.5) is 0 Å². The van der Waals surface area contributed by atoms with Crippen molar-refractivity contribution in [1.82, 2.24) is 4.90 Å². The zero-order chi connectivity index (χ0) is 9.10. The highest BCUT2D eigenvalue weighted by Crippen LogP contribution is 2.26. The summed E-state index contributed by atoms with van der Waals surface area (Å²) in [5.74, 6) is 1.82. The zero-order valence-electron chi connectivity index (χ0n) is 8.54. The second-order valence-corrected chi connectivity index (χ2v) is 4.82. The highest BCUT2D eigenvalue weighted by Gasteiger charge is 2.27. The molecule has 2 fully saturated rings. The highest BCUT2D eigenvalue weighted by molar-refractivity contribution is 4.82. The standard InChI is InChI=1S/C11H22N2/c12-6-11-8-13(9-11)7-10-4-2-1-3-5-10/h10-11H,1-9,12H2. The van der Waals surface area contributed by atoms with Crippen LogP contribution in [0.1, 0.15) is 32.1 Å². The van der Waals surface area contributed by atoms with Crippen molar-refractivity contribution in [3.05, 3.63) is 0 Å². The molecule has 1 aliphatic heterocycles. The molecule has 1 heterocycles. The molecule has 0 aromatic rings. The van der Waals surface area contributed by atoms with E-state index in [-0.39, 0.29) is 0 Å². The molecule has 0 bridgehead atoms. The summed E-state index contributed by atoms with van der Waals surface area (Å²) in [5, 5.41) is 0. The molecule has 2 aliphatic rings. The number of likely N-dealkylation sites (tertiary alicyclic amines) is 1. The molecular weight excluding hydrogens is 160 g/mol. The number of rotatable bonds is 3. The first-order chi connectivity index (χ1) is 6.38. The fourth-order valence-electron chi connectivity index (χ4n) is 2.71. The van der Waals surface area contributed by atoms with E-state index in [1.807, 2.05) is 0 Å². The molecule has 0 spiro atoms. The van der Waals surface area contributed by atoms with E-state index in [0.29, 0.717) is 0 Å². The van der Waals surface area contributed by atoms with Crippen LogP contribution < -0.4 is 5.73 Å². The SMILES string of the molecule is NCC1CN(CC2CCCCC2)C1. The molecule has 1 saturated heterocycles. The van der Waals surface area contributed by atoms with Crippen molar-refractivity contribution in [3.8, 4) is 0 Å². The smallest absolute Gasteiger partial charge is 0.00342 e. The molecule has 2 N–H and O–H groups in total. The van der Waals surface area contributed by atoms with E-state index < -0.39 is 0 Å². The Labute approximate surface area is 81.5 Å². The molecule has 0 aromatic heterocycles. The van der Waals surface area contributed by atoms with E-state index in [9.17, 15) is 0 Å². The molecule has 2 heteroatoms. The van der Waals surface area contributed by atoms with Gasteiger partial charge < -0.3 is 10.6 Å². The van der Waals surface area contributed by atoms with E-state index in [2.05, 4.69) is 4.90 Å². The third-order valence-corrected chi connectivity index (χ3v) is 3.61. The van der Waals surface area contributed by atoms with Gasteiger partial charge in [0.15, 0.2) is 0 Å². The van der Waals surface area contributed by atoms with Crippen molar-refractivity contribution in [2.45, 2.75) is 32.1 Å². The first-order valence-electron chi connectivity index (χ1n) is 5.81. The summed E-state index contributed by atoms with van der Waals surface area (Å²) in [4.78, 5) is 2.59. The van der Waals surface area contributed by atoms with Crippen LogP contribution >= 0.6 is 0 Å². The summed E-state index contributed by atoms with van der Waals surface area (Å²) < 4.78 is 0. The molecule has 13 heavy (non-hydrogen) atoms. The summed E-state index contributed by atoms with van der Waals surface area (Å²) >= 11 is 0. The van der Waals surface area contributed by atoms with E-state index in [1.54, 1.807) is 0 Å². The van der Waals surface area contributed by atoms with Crippen molar-refractivity contribution < 1.29 is 0 Å². The van der Waals surface area contributed by atoms with Crippen LogP contribution in [0.5, 0.6) is 0 Å². The molecule has 0 aromatic carbocycles. The minimum Gasteiger partial charge on any atom is -0.330 e. The van der Waals surface area contributed by atoms with Gasteiger partial charge in [0.2, 0.25) is 0 Å². The maximum atomic E-state index is 5.60. The average Bonchev–Trinajstić information content (AvgIpc) is 2.12. The summed E-state index contributed by atoms with van der Waals surface area (Å²) in [7, 11) is 0. The summed E-state index contributed by atoms with van der Waals surface area (Å²) in [6.45, 7) is 4.79. The Balaban J connectivity index is 1.62. The maximum Gasteiger partial charge on any atom is 0.00342 e. The number of hydrogen-bond acceptors (Lipinski definition) is 2. The quantitative estimate of drug-likeness (QED) is 0.716. The fourth-order valence-corrected chi connectivity index (χ4v) is 2.71. The van der Waals surface area contributed by atoms with Gasteiger partial charge in [0, 0.05) is 19.6 Å². The van der Waals surface area contributed by atoms with Crippen molar-refractivity contribution in [2.24, 2.45) is 17.6 Å². The molecular formula is C11H22N2. The molecule has 0 unspecified atom stereocenters. The predicted octanol–water partition coefficient (Wildman–Crippen LogP) is 1.46. The number of hydrogen-bond donors (Lipinski definition) is 1. The number of nitrogens with two attached hydrogens (primary N) is 1. The van der Waals surface area contributed by atoms with Gasteiger partial charge >= 0.3 is 0 Å². The van der Waals surface area contributed by atoms with Crippen molar-refractivity contribution in [1.29, 1.82) is 0 Å². The minimum atomic E-state index is 0.809. The van der Waals surface area contributed by atoms with Gasteiger partial charge in [0.1, 0.15) is 0 Å². The molecule has 0 atom stereocenters. The van der Waals surface area contributed by atoms with Gasteiger partial charge in [-0.05, 0) is 31.2 Å². The van der Waals surface area contributed by atoms with Crippen LogP contribution in [0, 0.1) is 11.8 Å². The molecule has 0 radical (unpaired) electrons. The van der Waals surface area contributed by atoms with Crippen molar-refractivity contribution in [3.63, 3.8) is 0 Å². The third kappa shape index (κ3) is 2.44. The van der Waals surface area contributed by atoms with Gasteiger partial charge in [0.05, 0.1) is 0 Å². The van der Waals surface area contributed by atoms with Crippen LogP contribution in [0.2, 0.25) is 0 Å². The summed E-state index contributed by atoms with van der Waals surface area (Å²) in [6.07, 6.45) is 7.37.